The van der Waals surface area contributed by atoms with Gasteiger partial charge in [-0.2, -0.15) is 0 Å². The maximum atomic E-state index is 6.44. The standard InChI is InChI=1S/C46H27N3O.C46H29N3O.C36H25N3O/c1-2-13-28(14-3-1)43-47-44(49-45(48-43)35-20-12-19-34-33-18-7-11-24-41(33)50-42(34)35)29-25-26-40-36(27-29)32-17-6-10-23-39(32)46(40)37-21-8-4-15-30(37)31-16-5-9-22-38(31)46;1-4-15-30(16-5-1)43-47-44(49-45(48-43)37-24-14-23-36-35-22-11-13-26-41(35)50-42(36)37)31-27-28-40-38(29-31)34-21-10-12-25-39(34)46(40,32-17-6-2-7-18-32)33-19-8-3-9-20-33;1-36(2)29-17-8-6-13-24(29)28-21-23(19-20-30(28)36)34-37-33(22-11-4-3-5-12-22)38-35(39-34)27-16-10-15-26-25-14-7-9-18-31(25)40-32(26)27/h1-27H;1-29H;3-21H,1-2H3. The Balaban J connectivity index is 0.000000106. The summed E-state index contributed by atoms with van der Waals surface area (Å²) in [6.45, 7) is 4.58. The average molecular weight is 1790 g/mol. The van der Waals surface area contributed by atoms with Crippen LogP contribution in [-0.2, 0) is 16.2 Å². The normalized spacial score (nSPS) is 13.2. The SMILES string of the molecule is CC1(C)c2ccccc2-c2cc(-c3nc(-c4ccccc4)nc(-c4cccc5c4oc4ccccc45)n3)ccc21.c1ccc(-c2nc(-c3ccc4c(c3)-c3ccccc3C4(c3ccccc3)c3ccccc3)nc(-c3cccc4c3oc3ccccc34)n2)cc1.c1ccc(-c2nc(-c3ccc4c(c3)-c3ccccc3C43c4ccccc4-c4ccccc43)nc(-c3cccc4c3oc3ccccc34)n2)cc1. The number of rotatable bonds is 11. The molecule has 0 N–H and O–H groups in total. The van der Waals surface area contributed by atoms with Crippen molar-refractivity contribution in [2.24, 2.45) is 0 Å². The van der Waals surface area contributed by atoms with Crippen molar-refractivity contribution in [3.8, 4) is 147 Å². The summed E-state index contributed by atoms with van der Waals surface area (Å²) in [5.41, 5.74) is 34.9. The van der Waals surface area contributed by atoms with E-state index in [2.05, 4.69) is 287 Å². The number of furan rings is 3. The zero-order valence-corrected chi connectivity index (χ0v) is 76.1. The molecule has 0 amide bonds. The van der Waals surface area contributed by atoms with E-state index in [1.165, 1.54) is 100 Å². The first-order valence-electron chi connectivity index (χ1n) is 47.4. The molecule has 19 aromatic carbocycles. The van der Waals surface area contributed by atoms with Crippen LogP contribution in [0, 0.1) is 0 Å². The van der Waals surface area contributed by atoms with Crippen LogP contribution in [0.5, 0.6) is 0 Å². The summed E-state index contributed by atoms with van der Waals surface area (Å²) >= 11 is 0. The molecule has 6 heterocycles. The van der Waals surface area contributed by atoms with Crippen LogP contribution in [0.2, 0.25) is 0 Å². The van der Waals surface area contributed by atoms with E-state index in [1.807, 2.05) is 182 Å². The summed E-state index contributed by atoms with van der Waals surface area (Å²) in [4.78, 5) is 45.7. The van der Waals surface area contributed by atoms with Gasteiger partial charge in [0.15, 0.2) is 52.4 Å². The number of nitrogens with zero attached hydrogens (tertiary/aromatic N) is 9. The molecule has 4 aliphatic rings. The Kier molecular flexibility index (Phi) is 18.8. The Morgan fingerprint density at radius 2 is 0.379 bits per heavy atom. The fourth-order valence-corrected chi connectivity index (χ4v) is 22.5. The van der Waals surface area contributed by atoms with Crippen molar-refractivity contribution in [2.45, 2.75) is 30.1 Å². The van der Waals surface area contributed by atoms with Crippen molar-refractivity contribution in [3.05, 3.63) is 511 Å². The Morgan fingerprint density at radius 1 is 0.157 bits per heavy atom. The highest BCUT2D eigenvalue weighted by Gasteiger charge is 2.52. The number of para-hydroxylation sites is 6. The molecule has 25 aromatic rings. The molecule has 4 aliphatic carbocycles. The van der Waals surface area contributed by atoms with Gasteiger partial charge in [0.05, 0.1) is 27.5 Å². The van der Waals surface area contributed by atoms with Crippen LogP contribution >= 0.6 is 0 Å². The predicted molar refractivity (Wildman–Crippen MR) is 561 cm³/mol. The second-order valence-corrected chi connectivity index (χ2v) is 36.7. The first-order chi connectivity index (χ1) is 69.1. The predicted octanol–water partition coefficient (Wildman–Crippen LogP) is 31.3. The van der Waals surface area contributed by atoms with Gasteiger partial charge in [0.2, 0.25) is 0 Å². The van der Waals surface area contributed by atoms with Gasteiger partial charge in [-0.3, -0.25) is 0 Å². The molecule has 12 nitrogen and oxygen atoms in total. The van der Waals surface area contributed by atoms with E-state index in [0.717, 1.165) is 116 Å². The zero-order chi connectivity index (χ0) is 92.7. The summed E-state index contributed by atoms with van der Waals surface area (Å²) in [5, 5.41) is 6.35. The molecule has 0 saturated carbocycles. The molecule has 140 heavy (non-hydrogen) atoms. The molecule has 12 heteroatoms. The lowest BCUT2D eigenvalue weighted by Crippen LogP contribution is -2.28. The molecule has 0 saturated heterocycles. The fourth-order valence-electron chi connectivity index (χ4n) is 22.5. The van der Waals surface area contributed by atoms with Gasteiger partial charge in [0, 0.05) is 71.1 Å². The quantitative estimate of drug-likeness (QED) is 0.121. The molecule has 6 aromatic heterocycles. The molecule has 1 spiro atoms. The summed E-state index contributed by atoms with van der Waals surface area (Å²) in [5.74, 6) is 5.48. The molecule has 0 atom stereocenters. The van der Waals surface area contributed by atoms with Crippen molar-refractivity contribution in [1.29, 1.82) is 0 Å². The monoisotopic (exact) mass is 1790 g/mol. The maximum absolute atomic E-state index is 6.44. The first kappa shape index (κ1) is 81.2. The molecule has 656 valence electrons. The van der Waals surface area contributed by atoms with Crippen LogP contribution in [-0.4, -0.2) is 44.9 Å². The molecule has 0 unspecified atom stereocenters. The number of hydrogen-bond donors (Lipinski definition) is 0. The van der Waals surface area contributed by atoms with E-state index < -0.39 is 10.8 Å². The van der Waals surface area contributed by atoms with Crippen LogP contribution in [0.25, 0.3) is 213 Å². The number of aromatic nitrogens is 9. The van der Waals surface area contributed by atoms with Gasteiger partial charge in [-0.05, 0) is 155 Å². The van der Waals surface area contributed by atoms with Gasteiger partial charge in [0.25, 0.3) is 0 Å². The van der Waals surface area contributed by atoms with Gasteiger partial charge in [-0.15, -0.1) is 0 Å². The Bertz CT molecular complexity index is 8940. The zero-order valence-electron chi connectivity index (χ0n) is 76.1. The molecule has 0 radical (unpaired) electrons. The topological polar surface area (TPSA) is 155 Å². The summed E-state index contributed by atoms with van der Waals surface area (Å²) in [6, 6.07) is 159. The van der Waals surface area contributed by atoms with Crippen LogP contribution in [0.1, 0.15) is 69.5 Å². The average Bonchev–Trinajstić information content (AvgIpc) is 1.50. The molecule has 0 fully saturated rings. The molecule has 0 aliphatic heterocycles. The van der Waals surface area contributed by atoms with Gasteiger partial charge < -0.3 is 13.3 Å². The minimum Gasteiger partial charge on any atom is -0.455 e. The Hall–Kier alpha value is -18.4. The Morgan fingerprint density at radius 3 is 0.729 bits per heavy atom. The summed E-state index contributed by atoms with van der Waals surface area (Å²) in [7, 11) is 0. The fraction of sp³-hybridized carbons (Fsp3) is 0.0391. The first-order valence-corrected chi connectivity index (χ1v) is 47.4. The van der Waals surface area contributed by atoms with Crippen LogP contribution in [0.15, 0.2) is 468 Å². The van der Waals surface area contributed by atoms with Crippen molar-refractivity contribution in [3.63, 3.8) is 0 Å². The van der Waals surface area contributed by atoms with E-state index in [0.29, 0.717) is 52.4 Å². The minimum atomic E-state index is -0.469. The van der Waals surface area contributed by atoms with E-state index in [1.54, 1.807) is 0 Å². The lowest BCUT2D eigenvalue weighted by molar-refractivity contribution is 0.660. The van der Waals surface area contributed by atoms with Gasteiger partial charge in [-0.1, -0.05) is 414 Å². The maximum Gasteiger partial charge on any atom is 0.167 e. The van der Waals surface area contributed by atoms with Crippen molar-refractivity contribution < 1.29 is 13.3 Å². The third-order valence-corrected chi connectivity index (χ3v) is 28.8. The van der Waals surface area contributed by atoms with E-state index in [4.69, 9.17) is 58.1 Å². The summed E-state index contributed by atoms with van der Waals surface area (Å²) in [6.07, 6.45) is 0. The molecule has 0 bridgehead atoms. The van der Waals surface area contributed by atoms with E-state index >= 15 is 0 Å². The van der Waals surface area contributed by atoms with Crippen LogP contribution in [0.3, 0.4) is 0 Å². The van der Waals surface area contributed by atoms with Crippen LogP contribution < -0.4 is 0 Å². The number of fused-ring (bicyclic) bond motifs is 25. The summed E-state index contributed by atoms with van der Waals surface area (Å²) < 4.78 is 19.2. The second-order valence-electron chi connectivity index (χ2n) is 36.7. The highest BCUT2D eigenvalue weighted by atomic mass is 16.3. The number of hydrogen-bond acceptors (Lipinski definition) is 12. The largest absolute Gasteiger partial charge is 0.455 e. The third kappa shape index (κ3) is 12.8. The van der Waals surface area contributed by atoms with Gasteiger partial charge >= 0.3 is 0 Å². The van der Waals surface area contributed by atoms with Gasteiger partial charge in [-0.25, -0.2) is 44.9 Å². The van der Waals surface area contributed by atoms with E-state index in [-0.39, 0.29) is 5.41 Å². The molecule has 29 rings (SSSR count). The number of benzene rings is 19. The minimum absolute atomic E-state index is 0.0547. The lowest BCUT2D eigenvalue weighted by atomic mass is 9.67. The van der Waals surface area contributed by atoms with Gasteiger partial charge in [0.1, 0.15) is 33.5 Å². The Labute approximate surface area is 806 Å². The van der Waals surface area contributed by atoms with Crippen molar-refractivity contribution in [1.82, 2.24) is 44.9 Å². The highest BCUT2D eigenvalue weighted by Crippen LogP contribution is 2.64. The molecular weight excluding hydrogens is 1710 g/mol. The smallest absolute Gasteiger partial charge is 0.167 e. The van der Waals surface area contributed by atoms with Crippen molar-refractivity contribution >= 4 is 65.8 Å². The highest BCUT2D eigenvalue weighted by molar-refractivity contribution is 6.12. The van der Waals surface area contributed by atoms with Crippen LogP contribution in [0.4, 0.5) is 0 Å². The second kappa shape index (κ2) is 32.4. The third-order valence-electron chi connectivity index (χ3n) is 28.8. The molecular formula is C128H81N9O3. The van der Waals surface area contributed by atoms with E-state index in [9.17, 15) is 0 Å². The van der Waals surface area contributed by atoms with Crippen molar-refractivity contribution in [2.75, 3.05) is 0 Å². The lowest BCUT2D eigenvalue weighted by Gasteiger charge is -2.33.